The molecule has 2 amide bonds. The predicted octanol–water partition coefficient (Wildman–Crippen LogP) is 4.60. The molecule has 6 nitrogen and oxygen atoms in total. The summed E-state index contributed by atoms with van der Waals surface area (Å²) in [4.78, 5) is 26.8. The second-order valence-electron chi connectivity index (χ2n) is 6.98. The second-order valence-corrected chi connectivity index (χ2v) is 8.43. The van der Waals surface area contributed by atoms with E-state index in [1.54, 1.807) is 41.3 Å². The molecule has 1 fully saturated rings. The molecule has 1 saturated heterocycles. The van der Waals surface area contributed by atoms with Gasteiger partial charge in [0.05, 0.1) is 5.56 Å². The summed E-state index contributed by atoms with van der Waals surface area (Å²) in [5.41, 5.74) is 0.639. The van der Waals surface area contributed by atoms with Gasteiger partial charge in [0.2, 0.25) is 5.01 Å². The van der Waals surface area contributed by atoms with E-state index < -0.39 is 5.82 Å². The number of anilines is 1. The zero-order valence-corrected chi connectivity index (χ0v) is 17.4. The smallest absolute Gasteiger partial charge is 0.286 e. The van der Waals surface area contributed by atoms with Crippen molar-refractivity contribution in [3.63, 3.8) is 0 Å². The number of nitrogens with one attached hydrogen (secondary N) is 1. The van der Waals surface area contributed by atoms with Gasteiger partial charge in [-0.1, -0.05) is 41.1 Å². The van der Waals surface area contributed by atoms with E-state index in [0.29, 0.717) is 28.8 Å². The number of aromatic nitrogens is 2. The highest BCUT2D eigenvalue weighted by molar-refractivity contribution is 7.13. The lowest BCUT2D eigenvalue weighted by Gasteiger charge is -2.31. The quantitative estimate of drug-likeness (QED) is 0.638. The van der Waals surface area contributed by atoms with E-state index in [9.17, 15) is 14.0 Å². The number of carbonyl (C=O) groups excluding carboxylic acids is 2. The molecule has 1 aromatic heterocycles. The average Bonchev–Trinajstić information content (AvgIpc) is 3.24. The Bertz CT molecular complexity index is 1090. The van der Waals surface area contributed by atoms with Crippen molar-refractivity contribution in [2.45, 2.75) is 18.8 Å². The molecule has 0 spiro atoms. The fourth-order valence-corrected chi connectivity index (χ4v) is 4.46. The first-order chi connectivity index (χ1) is 14.5. The highest BCUT2D eigenvalue weighted by Gasteiger charge is 2.29. The Morgan fingerprint density at radius 2 is 2.00 bits per heavy atom. The monoisotopic (exact) mass is 444 g/mol. The van der Waals surface area contributed by atoms with Crippen molar-refractivity contribution in [1.82, 2.24) is 15.1 Å². The molecule has 1 N–H and O–H groups in total. The predicted molar refractivity (Wildman–Crippen MR) is 114 cm³/mol. The van der Waals surface area contributed by atoms with Crippen molar-refractivity contribution < 1.29 is 14.0 Å². The van der Waals surface area contributed by atoms with Crippen LogP contribution in [0.3, 0.4) is 0 Å². The van der Waals surface area contributed by atoms with Gasteiger partial charge in [0, 0.05) is 29.7 Å². The Labute approximate surface area is 181 Å². The van der Waals surface area contributed by atoms with Crippen LogP contribution in [0.15, 0.2) is 48.5 Å². The van der Waals surface area contributed by atoms with Gasteiger partial charge in [0.1, 0.15) is 10.8 Å². The van der Waals surface area contributed by atoms with Gasteiger partial charge >= 0.3 is 0 Å². The van der Waals surface area contributed by atoms with Crippen LogP contribution in [0.1, 0.15) is 43.9 Å². The molecule has 1 aliphatic heterocycles. The first kappa shape index (κ1) is 20.4. The number of hydrogen-bond donors (Lipinski definition) is 1. The molecule has 0 bridgehead atoms. The highest BCUT2D eigenvalue weighted by atomic mass is 35.5. The van der Waals surface area contributed by atoms with Crippen LogP contribution in [0.25, 0.3) is 0 Å². The van der Waals surface area contributed by atoms with E-state index in [-0.39, 0.29) is 28.3 Å². The maximum atomic E-state index is 14.0. The lowest BCUT2D eigenvalue weighted by molar-refractivity contribution is 0.0702. The van der Waals surface area contributed by atoms with E-state index in [1.165, 1.54) is 23.5 Å². The maximum Gasteiger partial charge on any atom is 0.286 e. The number of rotatable bonds is 4. The van der Waals surface area contributed by atoms with Crippen molar-refractivity contribution >= 4 is 40.4 Å². The number of halogens is 2. The van der Waals surface area contributed by atoms with Crippen molar-refractivity contribution in [2.24, 2.45) is 0 Å². The van der Waals surface area contributed by atoms with Gasteiger partial charge in [-0.25, -0.2) is 4.39 Å². The van der Waals surface area contributed by atoms with Crippen LogP contribution in [-0.4, -0.2) is 40.0 Å². The molecule has 0 radical (unpaired) electrons. The van der Waals surface area contributed by atoms with E-state index in [2.05, 4.69) is 15.5 Å². The van der Waals surface area contributed by atoms with E-state index in [1.807, 2.05) is 0 Å². The molecule has 2 aromatic carbocycles. The Kier molecular flexibility index (Phi) is 6.06. The Balaban J connectivity index is 1.44. The lowest BCUT2D eigenvalue weighted by Crippen LogP contribution is -2.39. The molecule has 154 valence electrons. The Morgan fingerprint density at radius 1 is 1.17 bits per heavy atom. The Hall–Kier alpha value is -2.84. The van der Waals surface area contributed by atoms with Crippen molar-refractivity contribution in [3.8, 4) is 0 Å². The van der Waals surface area contributed by atoms with Crippen molar-refractivity contribution in [1.29, 1.82) is 0 Å². The second kappa shape index (κ2) is 8.89. The van der Waals surface area contributed by atoms with Crippen molar-refractivity contribution in [3.05, 3.63) is 74.9 Å². The van der Waals surface area contributed by atoms with Crippen LogP contribution in [-0.2, 0) is 0 Å². The maximum absolute atomic E-state index is 14.0. The summed E-state index contributed by atoms with van der Waals surface area (Å²) in [5.74, 6) is -1.27. The molecule has 0 aliphatic carbocycles. The first-order valence-corrected chi connectivity index (χ1v) is 10.6. The zero-order chi connectivity index (χ0) is 21.1. The van der Waals surface area contributed by atoms with Crippen molar-refractivity contribution in [2.75, 3.05) is 18.4 Å². The molecule has 4 rings (SSSR count). The number of hydrogen-bond acceptors (Lipinski definition) is 5. The Morgan fingerprint density at radius 3 is 2.80 bits per heavy atom. The van der Waals surface area contributed by atoms with Gasteiger partial charge in [0.15, 0.2) is 0 Å². The molecular formula is C21H18ClFN4O2S. The molecule has 30 heavy (non-hydrogen) atoms. The number of likely N-dealkylation sites (tertiary alicyclic amines) is 1. The van der Waals surface area contributed by atoms with Gasteiger partial charge in [-0.15, -0.1) is 10.2 Å². The fraction of sp³-hybridized carbons (Fsp3) is 0.238. The molecular weight excluding hydrogens is 427 g/mol. The van der Waals surface area contributed by atoms with Crippen LogP contribution < -0.4 is 5.32 Å². The molecule has 1 aliphatic rings. The van der Waals surface area contributed by atoms with Crippen LogP contribution in [0, 0.1) is 5.82 Å². The summed E-state index contributed by atoms with van der Waals surface area (Å²) in [6, 6.07) is 12.8. The van der Waals surface area contributed by atoms with Gasteiger partial charge in [-0.3, -0.25) is 9.59 Å². The van der Waals surface area contributed by atoms with Crippen LogP contribution in [0.2, 0.25) is 5.02 Å². The minimum atomic E-state index is -0.527. The highest BCUT2D eigenvalue weighted by Crippen LogP contribution is 2.30. The molecule has 0 unspecified atom stereocenters. The van der Waals surface area contributed by atoms with E-state index >= 15 is 0 Å². The summed E-state index contributed by atoms with van der Waals surface area (Å²) in [6.07, 6.45) is 1.60. The van der Waals surface area contributed by atoms with Crippen LogP contribution in [0.4, 0.5) is 10.1 Å². The van der Waals surface area contributed by atoms with E-state index in [0.717, 1.165) is 12.8 Å². The number of nitrogens with zero attached hydrogens (tertiary/aromatic N) is 3. The number of amides is 2. The van der Waals surface area contributed by atoms with Crippen LogP contribution >= 0.6 is 22.9 Å². The zero-order valence-electron chi connectivity index (χ0n) is 15.8. The topological polar surface area (TPSA) is 75.2 Å². The third-order valence-corrected chi connectivity index (χ3v) is 6.20. The minimum absolute atomic E-state index is 0.0420. The van der Waals surface area contributed by atoms with Gasteiger partial charge in [-0.05, 0) is 43.2 Å². The lowest BCUT2D eigenvalue weighted by atomic mass is 9.98. The molecule has 2 heterocycles. The summed E-state index contributed by atoms with van der Waals surface area (Å²) in [5, 5.41) is 12.4. The number of benzene rings is 2. The van der Waals surface area contributed by atoms with Gasteiger partial charge in [-0.2, -0.15) is 0 Å². The molecule has 3 aromatic rings. The van der Waals surface area contributed by atoms with Gasteiger partial charge in [0.25, 0.3) is 11.8 Å². The average molecular weight is 445 g/mol. The fourth-order valence-electron chi connectivity index (χ4n) is 3.41. The number of piperidine rings is 1. The summed E-state index contributed by atoms with van der Waals surface area (Å²) >= 11 is 7.15. The normalized spacial score (nSPS) is 16.3. The summed E-state index contributed by atoms with van der Waals surface area (Å²) in [7, 11) is 0. The third-order valence-electron chi connectivity index (χ3n) is 4.88. The van der Waals surface area contributed by atoms with E-state index in [4.69, 9.17) is 11.6 Å². The third kappa shape index (κ3) is 4.49. The SMILES string of the molecule is O=C(Nc1cccc(Cl)c1)c1nnc([C@@H]2CCCN(C(=O)c3ccccc3F)C2)s1. The van der Waals surface area contributed by atoms with Crippen LogP contribution in [0.5, 0.6) is 0 Å². The molecule has 0 saturated carbocycles. The molecule has 1 atom stereocenters. The molecule has 9 heteroatoms. The largest absolute Gasteiger partial charge is 0.338 e. The minimum Gasteiger partial charge on any atom is -0.338 e. The summed E-state index contributed by atoms with van der Waals surface area (Å²) in [6.45, 7) is 0.974. The van der Waals surface area contributed by atoms with Gasteiger partial charge < -0.3 is 10.2 Å². The number of carbonyl (C=O) groups is 2. The standard InChI is InChI=1S/C21H18ClFN4O2S/c22-14-6-3-7-15(11-14)24-18(28)20-26-25-19(30-20)13-5-4-10-27(12-13)21(29)16-8-1-2-9-17(16)23/h1-3,6-9,11,13H,4-5,10,12H2,(H,24,28)/t13-/m1/s1. The summed E-state index contributed by atoms with van der Waals surface area (Å²) < 4.78 is 14.0. The first-order valence-electron chi connectivity index (χ1n) is 9.45.